The minimum atomic E-state index is -0.917. The van der Waals surface area contributed by atoms with Crippen LogP contribution in [-0.4, -0.2) is 60.1 Å². The maximum atomic E-state index is 6.18. The topological polar surface area (TPSA) is 55.4 Å². The average molecular weight is 751 g/mol. The molecule has 6 nitrogen and oxygen atoms in total. The highest BCUT2D eigenvalue weighted by atomic mass is 33.1. The Kier molecular flexibility index (Phi) is 32.1. The van der Waals surface area contributed by atoms with Gasteiger partial charge in [0.15, 0.2) is 0 Å². The predicted octanol–water partition coefficient (Wildman–Crippen LogP) is 14.0. The van der Waals surface area contributed by atoms with Gasteiger partial charge in [-0.1, -0.05) is 111 Å². The van der Waals surface area contributed by atoms with Gasteiger partial charge in [0.05, 0.1) is 36.6 Å². The van der Waals surface area contributed by atoms with Crippen LogP contribution in [0.3, 0.4) is 0 Å². The molecule has 0 unspecified atom stereocenters. The van der Waals surface area contributed by atoms with Crippen LogP contribution in [0, 0.1) is 0 Å². The fourth-order valence-corrected chi connectivity index (χ4v) is 8.57. The van der Waals surface area contributed by atoms with Gasteiger partial charge in [0, 0.05) is 24.3 Å². The van der Waals surface area contributed by atoms with Crippen LogP contribution in [0.15, 0.2) is 0 Å². The van der Waals surface area contributed by atoms with Crippen molar-refractivity contribution in [1.82, 2.24) is 0 Å². The van der Waals surface area contributed by atoms with Gasteiger partial charge in [-0.3, -0.25) is 0 Å². The SMILES string of the molecule is CC(C)OC(CCCCCCCCCCCSSCCCCCCCCCCCC(OC(C)C)(OC(C)C)OC(C)C)(OC(C)C)OC(C)C. The highest BCUT2D eigenvalue weighted by Gasteiger charge is 2.37. The van der Waals surface area contributed by atoms with Crippen LogP contribution in [-0.2, 0) is 28.4 Å². The van der Waals surface area contributed by atoms with E-state index in [0.29, 0.717) is 0 Å². The van der Waals surface area contributed by atoms with E-state index in [9.17, 15) is 0 Å². The lowest BCUT2D eigenvalue weighted by molar-refractivity contribution is -0.412. The zero-order valence-corrected chi connectivity index (χ0v) is 36.9. The van der Waals surface area contributed by atoms with Crippen molar-refractivity contribution in [3.05, 3.63) is 0 Å². The van der Waals surface area contributed by atoms with Gasteiger partial charge in [-0.2, -0.15) is 0 Å². The van der Waals surface area contributed by atoms with Gasteiger partial charge in [-0.05, 0) is 109 Å². The zero-order chi connectivity index (χ0) is 37.7. The summed E-state index contributed by atoms with van der Waals surface area (Å²) in [6, 6.07) is 0. The normalized spacial score (nSPS) is 13.1. The summed E-state index contributed by atoms with van der Waals surface area (Å²) in [5, 5.41) is 0. The highest BCUT2D eigenvalue weighted by molar-refractivity contribution is 8.76. The molecule has 0 bridgehead atoms. The third kappa shape index (κ3) is 30.9. The Hall–Kier alpha value is 0.460. The standard InChI is InChI=1S/C42H86O6S2/c1-35(2)43-41(44-36(3)4,45-37(5)6)31-27-23-19-15-13-17-21-25-29-33-49-50-34-30-26-22-18-14-16-20-24-28-32-42(46-38(7)8,47-39(9)10)48-40(11)12/h35-40H,13-34H2,1-12H3. The average Bonchev–Trinajstić information content (AvgIpc) is 2.97. The molecule has 0 amide bonds. The molecule has 0 radical (unpaired) electrons. The van der Waals surface area contributed by atoms with E-state index in [-0.39, 0.29) is 36.6 Å². The fraction of sp³-hybridized carbons (Fsp3) is 1.00. The summed E-state index contributed by atoms with van der Waals surface area (Å²) in [7, 11) is 4.18. The Balaban J connectivity index is 3.71. The number of hydrogen-bond acceptors (Lipinski definition) is 8. The van der Waals surface area contributed by atoms with E-state index in [1.54, 1.807) is 0 Å². The summed E-state index contributed by atoms with van der Waals surface area (Å²) >= 11 is 0. The van der Waals surface area contributed by atoms with Crippen molar-refractivity contribution in [2.75, 3.05) is 11.5 Å². The molecule has 8 heteroatoms. The first kappa shape index (κ1) is 50.5. The largest absolute Gasteiger partial charge is 0.325 e. The number of rotatable bonds is 37. The first-order valence-electron chi connectivity index (χ1n) is 21.0. The van der Waals surface area contributed by atoms with Crippen LogP contribution < -0.4 is 0 Å². The van der Waals surface area contributed by atoms with Crippen molar-refractivity contribution in [3.63, 3.8) is 0 Å². The Morgan fingerprint density at radius 2 is 0.460 bits per heavy atom. The van der Waals surface area contributed by atoms with E-state index >= 15 is 0 Å². The van der Waals surface area contributed by atoms with Gasteiger partial charge < -0.3 is 28.4 Å². The second-order valence-electron chi connectivity index (χ2n) is 15.9. The molecule has 0 aliphatic carbocycles. The summed E-state index contributed by atoms with van der Waals surface area (Å²) in [4.78, 5) is 0. The second kappa shape index (κ2) is 31.8. The van der Waals surface area contributed by atoms with Crippen molar-refractivity contribution >= 4 is 21.6 Å². The lowest BCUT2D eigenvalue weighted by atomic mass is 10.1. The molecular weight excluding hydrogens is 665 g/mol. The lowest BCUT2D eigenvalue weighted by Gasteiger charge is -2.38. The van der Waals surface area contributed by atoms with Crippen LogP contribution in [0.25, 0.3) is 0 Å². The van der Waals surface area contributed by atoms with Crippen LogP contribution in [0.4, 0.5) is 0 Å². The number of hydrogen-bond donors (Lipinski definition) is 0. The number of unbranched alkanes of at least 4 members (excludes halogenated alkanes) is 16. The Morgan fingerprint density at radius 1 is 0.280 bits per heavy atom. The first-order chi connectivity index (χ1) is 23.7. The molecule has 0 heterocycles. The molecule has 0 aromatic rings. The molecule has 0 aliphatic heterocycles. The van der Waals surface area contributed by atoms with Crippen LogP contribution in [0.2, 0.25) is 0 Å². The summed E-state index contributed by atoms with van der Waals surface area (Å²) in [6.07, 6.45) is 25.5. The van der Waals surface area contributed by atoms with Gasteiger partial charge in [0.2, 0.25) is 0 Å². The van der Waals surface area contributed by atoms with E-state index in [1.807, 2.05) is 0 Å². The van der Waals surface area contributed by atoms with Gasteiger partial charge in [0.1, 0.15) is 0 Å². The lowest BCUT2D eigenvalue weighted by Crippen LogP contribution is -2.44. The molecule has 0 aromatic carbocycles. The van der Waals surface area contributed by atoms with Gasteiger partial charge in [-0.25, -0.2) is 0 Å². The third-order valence-corrected chi connectivity index (χ3v) is 10.6. The van der Waals surface area contributed by atoms with Crippen molar-refractivity contribution in [2.45, 2.75) is 260 Å². The highest BCUT2D eigenvalue weighted by Crippen LogP contribution is 2.30. The first-order valence-corrected chi connectivity index (χ1v) is 23.5. The van der Waals surface area contributed by atoms with Gasteiger partial charge in [0.25, 0.3) is 11.9 Å². The van der Waals surface area contributed by atoms with Crippen molar-refractivity contribution < 1.29 is 28.4 Å². The number of ether oxygens (including phenoxy) is 6. The van der Waals surface area contributed by atoms with E-state index in [2.05, 4.69) is 105 Å². The molecule has 302 valence electrons. The van der Waals surface area contributed by atoms with Gasteiger partial charge >= 0.3 is 0 Å². The van der Waals surface area contributed by atoms with Gasteiger partial charge in [-0.15, -0.1) is 0 Å². The maximum absolute atomic E-state index is 6.18. The zero-order valence-electron chi connectivity index (χ0n) is 35.3. The maximum Gasteiger partial charge on any atom is 0.283 e. The Morgan fingerprint density at radius 3 is 0.660 bits per heavy atom. The monoisotopic (exact) mass is 751 g/mol. The molecule has 0 rings (SSSR count). The minimum absolute atomic E-state index is 0.0669. The molecule has 0 atom stereocenters. The Labute approximate surface area is 320 Å². The molecule has 0 saturated carbocycles. The molecule has 0 fully saturated rings. The van der Waals surface area contributed by atoms with Crippen LogP contribution in [0.5, 0.6) is 0 Å². The van der Waals surface area contributed by atoms with E-state index in [4.69, 9.17) is 28.4 Å². The van der Waals surface area contributed by atoms with Crippen molar-refractivity contribution in [3.8, 4) is 0 Å². The summed E-state index contributed by atoms with van der Waals surface area (Å²) in [6.45, 7) is 24.6. The smallest absolute Gasteiger partial charge is 0.283 e. The van der Waals surface area contributed by atoms with Crippen molar-refractivity contribution in [2.24, 2.45) is 0 Å². The summed E-state index contributed by atoms with van der Waals surface area (Å²) in [5.41, 5.74) is 0. The molecule has 0 aromatic heterocycles. The quantitative estimate of drug-likeness (QED) is 0.0353. The summed E-state index contributed by atoms with van der Waals surface area (Å²) < 4.78 is 37.1. The second-order valence-corrected chi connectivity index (χ2v) is 18.6. The van der Waals surface area contributed by atoms with Crippen LogP contribution in [0.1, 0.15) is 212 Å². The van der Waals surface area contributed by atoms with E-state index in [0.717, 1.165) is 25.7 Å². The summed E-state index contributed by atoms with van der Waals surface area (Å²) in [5.74, 6) is 0.777. The third-order valence-electron chi connectivity index (χ3n) is 8.00. The van der Waals surface area contributed by atoms with E-state index < -0.39 is 11.9 Å². The molecule has 50 heavy (non-hydrogen) atoms. The molecule has 0 N–H and O–H groups in total. The molecular formula is C42H86O6S2. The van der Waals surface area contributed by atoms with Crippen molar-refractivity contribution in [1.29, 1.82) is 0 Å². The fourth-order valence-electron chi connectivity index (χ4n) is 6.27. The molecule has 0 aliphatic rings. The van der Waals surface area contributed by atoms with E-state index in [1.165, 1.54) is 114 Å². The predicted molar refractivity (Wildman–Crippen MR) is 220 cm³/mol. The van der Waals surface area contributed by atoms with Crippen LogP contribution >= 0.6 is 21.6 Å². The Bertz CT molecular complexity index is 618. The molecule has 0 spiro atoms. The molecule has 0 saturated heterocycles. The minimum Gasteiger partial charge on any atom is -0.325 e.